The average Bonchev–Trinajstić information content (AvgIpc) is 2.49. The monoisotopic (exact) mass is 284 g/mol. The summed E-state index contributed by atoms with van der Waals surface area (Å²) in [7, 11) is 0. The molecule has 3 rings (SSSR count). The van der Waals surface area contributed by atoms with Crippen molar-refractivity contribution in [1.82, 2.24) is 0 Å². The summed E-state index contributed by atoms with van der Waals surface area (Å²) in [5, 5.41) is 2.76. The predicted octanol–water partition coefficient (Wildman–Crippen LogP) is 2.81. The molecule has 0 unspecified atom stereocenters. The van der Waals surface area contributed by atoms with E-state index in [1.165, 1.54) is 29.2 Å². The molecule has 4 nitrogen and oxygen atoms in total. The van der Waals surface area contributed by atoms with Gasteiger partial charge in [-0.1, -0.05) is 12.1 Å². The number of amides is 2. The fourth-order valence-electron chi connectivity index (χ4n) is 2.37. The van der Waals surface area contributed by atoms with Crippen molar-refractivity contribution < 1.29 is 14.0 Å². The third-order valence-corrected chi connectivity index (χ3v) is 3.50. The van der Waals surface area contributed by atoms with Crippen molar-refractivity contribution in [1.29, 1.82) is 0 Å². The van der Waals surface area contributed by atoms with Gasteiger partial charge in [0.2, 0.25) is 5.91 Å². The van der Waals surface area contributed by atoms with Gasteiger partial charge in [0, 0.05) is 5.56 Å². The lowest BCUT2D eigenvalue weighted by Gasteiger charge is -2.34. The first kappa shape index (κ1) is 13.3. The maximum atomic E-state index is 13.0. The van der Waals surface area contributed by atoms with E-state index < -0.39 is 11.9 Å². The molecule has 0 fully saturated rings. The van der Waals surface area contributed by atoms with Crippen LogP contribution in [0.15, 0.2) is 48.5 Å². The van der Waals surface area contributed by atoms with Gasteiger partial charge in [-0.15, -0.1) is 0 Å². The number of hydrogen-bond acceptors (Lipinski definition) is 2. The second-order valence-corrected chi connectivity index (χ2v) is 4.86. The third-order valence-electron chi connectivity index (χ3n) is 3.50. The summed E-state index contributed by atoms with van der Waals surface area (Å²) in [5.41, 5.74) is 1.57. The second-order valence-electron chi connectivity index (χ2n) is 4.86. The topological polar surface area (TPSA) is 49.4 Å². The number of anilines is 2. The molecule has 0 spiro atoms. The van der Waals surface area contributed by atoms with Crippen molar-refractivity contribution in [2.24, 2.45) is 0 Å². The van der Waals surface area contributed by atoms with E-state index in [9.17, 15) is 14.0 Å². The Kier molecular flexibility index (Phi) is 3.17. The summed E-state index contributed by atoms with van der Waals surface area (Å²) in [5.74, 6) is -0.981. The summed E-state index contributed by atoms with van der Waals surface area (Å²) in [6, 6.07) is 11.8. The molecule has 0 bridgehead atoms. The smallest absolute Gasteiger partial charge is 0.259 e. The Morgan fingerprint density at radius 3 is 2.52 bits per heavy atom. The fourth-order valence-corrected chi connectivity index (χ4v) is 2.37. The molecule has 0 radical (unpaired) electrons. The average molecular weight is 284 g/mol. The zero-order valence-corrected chi connectivity index (χ0v) is 11.3. The number of benzene rings is 2. The highest BCUT2D eigenvalue weighted by Gasteiger charge is 2.33. The van der Waals surface area contributed by atoms with Gasteiger partial charge in [-0.2, -0.15) is 0 Å². The Balaban J connectivity index is 2.05. The standard InChI is InChI=1S/C16H13FN2O2/c1-10-15(20)18-13-4-2-3-5-14(13)19(10)16(21)11-6-8-12(17)9-7-11/h2-10H,1H3,(H,18,20)/t10-/m1/s1. The number of carbonyl (C=O) groups excluding carboxylic acids is 2. The first-order valence-corrected chi connectivity index (χ1v) is 6.57. The molecule has 2 aromatic carbocycles. The lowest BCUT2D eigenvalue weighted by atomic mass is 10.1. The largest absolute Gasteiger partial charge is 0.322 e. The van der Waals surface area contributed by atoms with Crippen LogP contribution in [0.25, 0.3) is 0 Å². The molecule has 1 aliphatic heterocycles. The Hall–Kier alpha value is -2.69. The molecule has 0 aromatic heterocycles. The molecule has 5 heteroatoms. The Bertz CT molecular complexity index is 712. The van der Waals surface area contributed by atoms with Gasteiger partial charge in [-0.3, -0.25) is 14.5 Å². The molecule has 1 N–H and O–H groups in total. The van der Waals surface area contributed by atoms with E-state index in [1.807, 2.05) is 0 Å². The van der Waals surface area contributed by atoms with Gasteiger partial charge in [-0.05, 0) is 43.3 Å². The highest BCUT2D eigenvalue weighted by molar-refractivity contribution is 6.16. The zero-order valence-electron chi connectivity index (χ0n) is 11.3. The van der Waals surface area contributed by atoms with Gasteiger partial charge >= 0.3 is 0 Å². The quantitative estimate of drug-likeness (QED) is 0.875. The number of fused-ring (bicyclic) bond motifs is 1. The lowest BCUT2D eigenvalue weighted by Crippen LogP contribution is -2.49. The van der Waals surface area contributed by atoms with Gasteiger partial charge in [0.25, 0.3) is 5.91 Å². The first-order chi connectivity index (χ1) is 10.1. The second kappa shape index (κ2) is 5.01. The van der Waals surface area contributed by atoms with E-state index in [0.717, 1.165) is 0 Å². The molecule has 0 aliphatic carbocycles. The molecule has 2 aromatic rings. The number of rotatable bonds is 1. The van der Waals surface area contributed by atoms with Crippen LogP contribution in [0.2, 0.25) is 0 Å². The van der Waals surface area contributed by atoms with E-state index in [4.69, 9.17) is 0 Å². The van der Waals surface area contributed by atoms with Crippen LogP contribution in [0.5, 0.6) is 0 Å². The molecule has 21 heavy (non-hydrogen) atoms. The summed E-state index contributed by atoms with van der Waals surface area (Å²) >= 11 is 0. The maximum absolute atomic E-state index is 13.0. The Morgan fingerprint density at radius 2 is 1.81 bits per heavy atom. The highest BCUT2D eigenvalue weighted by Crippen LogP contribution is 2.32. The van der Waals surface area contributed by atoms with E-state index >= 15 is 0 Å². The van der Waals surface area contributed by atoms with E-state index in [-0.39, 0.29) is 11.8 Å². The predicted molar refractivity (Wildman–Crippen MR) is 77.7 cm³/mol. The van der Waals surface area contributed by atoms with Crippen LogP contribution in [0, 0.1) is 5.82 Å². The van der Waals surface area contributed by atoms with E-state index in [1.54, 1.807) is 31.2 Å². The molecule has 1 atom stereocenters. The molecule has 1 heterocycles. The number of nitrogens with zero attached hydrogens (tertiary/aromatic N) is 1. The maximum Gasteiger partial charge on any atom is 0.259 e. The minimum absolute atomic E-state index is 0.246. The molecular formula is C16H13FN2O2. The van der Waals surface area contributed by atoms with Crippen LogP contribution in [0.1, 0.15) is 17.3 Å². The minimum Gasteiger partial charge on any atom is -0.322 e. The molecule has 0 saturated heterocycles. The Morgan fingerprint density at radius 1 is 1.14 bits per heavy atom. The van der Waals surface area contributed by atoms with Crippen molar-refractivity contribution in [3.05, 3.63) is 59.9 Å². The highest BCUT2D eigenvalue weighted by atomic mass is 19.1. The first-order valence-electron chi connectivity index (χ1n) is 6.57. The summed E-state index contributed by atoms with van der Waals surface area (Å²) in [6.45, 7) is 1.66. The normalized spacial score (nSPS) is 17.1. The molecule has 0 saturated carbocycles. The van der Waals surface area contributed by atoms with Crippen LogP contribution in [0.3, 0.4) is 0 Å². The Labute approximate surface area is 121 Å². The summed E-state index contributed by atoms with van der Waals surface area (Å²) in [6.07, 6.45) is 0. The third kappa shape index (κ3) is 2.27. The van der Waals surface area contributed by atoms with E-state index in [0.29, 0.717) is 16.9 Å². The van der Waals surface area contributed by atoms with Crippen molar-refractivity contribution in [2.75, 3.05) is 10.2 Å². The van der Waals surface area contributed by atoms with Gasteiger partial charge < -0.3 is 5.32 Å². The fraction of sp³-hybridized carbons (Fsp3) is 0.125. The van der Waals surface area contributed by atoms with Crippen molar-refractivity contribution in [3.8, 4) is 0 Å². The van der Waals surface area contributed by atoms with Crippen LogP contribution in [-0.2, 0) is 4.79 Å². The number of halogens is 1. The van der Waals surface area contributed by atoms with Gasteiger partial charge in [0.15, 0.2) is 0 Å². The number of nitrogens with one attached hydrogen (secondary N) is 1. The molecule has 1 aliphatic rings. The van der Waals surface area contributed by atoms with Crippen molar-refractivity contribution >= 4 is 23.2 Å². The zero-order chi connectivity index (χ0) is 15.0. The van der Waals surface area contributed by atoms with Crippen LogP contribution in [0.4, 0.5) is 15.8 Å². The van der Waals surface area contributed by atoms with E-state index in [2.05, 4.69) is 5.32 Å². The van der Waals surface area contributed by atoms with Gasteiger partial charge in [0.1, 0.15) is 11.9 Å². The van der Waals surface area contributed by atoms with Crippen LogP contribution in [-0.4, -0.2) is 17.9 Å². The number of para-hydroxylation sites is 2. The molecule has 106 valence electrons. The van der Waals surface area contributed by atoms with Crippen molar-refractivity contribution in [2.45, 2.75) is 13.0 Å². The lowest BCUT2D eigenvalue weighted by molar-refractivity contribution is -0.117. The van der Waals surface area contributed by atoms with Crippen LogP contribution < -0.4 is 10.2 Å². The van der Waals surface area contributed by atoms with Crippen LogP contribution >= 0.6 is 0 Å². The minimum atomic E-state index is -0.627. The number of hydrogen-bond donors (Lipinski definition) is 1. The SMILES string of the molecule is C[C@@H]1C(=O)Nc2ccccc2N1C(=O)c1ccc(F)cc1. The molecule has 2 amide bonds. The van der Waals surface area contributed by atoms with Gasteiger partial charge in [-0.25, -0.2) is 4.39 Å². The summed E-state index contributed by atoms with van der Waals surface area (Å²) in [4.78, 5) is 26.1. The summed E-state index contributed by atoms with van der Waals surface area (Å²) < 4.78 is 13.0. The molecular weight excluding hydrogens is 271 g/mol. The number of carbonyl (C=O) groups is 2. The van der Waals surface area contributed by atoms with Crippen molar-refractivity contribution in [3.63, 3.8) is 0 Å². The van der Waals surface area contributed by atoms with Gasteiger partial charge in [0.05, 0.1) is 11.4 Å².